The Labute approximate surface area is 159 Å². The molecule has 0 saturated heterocycles. The Morgan fingerprint density at radius 3 is 2.00 bits per heavy atom. The highest BCUT2D eigenvalue weighted by Crippen LogP contribution is 2.27. The minimum absolute atomic E-state index is 0.245. The first kappa shape index (κ1) is 20.2. The van der Waals surface area contributed by atoms with Crippen LogP contribution in [0, 0.1) is 6.92 Å². The van der Waals surface area contributed by atoms with Gasteiger partial charge in [-0.2, -0.15) is 0 Å². The second-order valence-electron chi connectivity index (χ2n) is 7.82. The highest BCUT2D eigenvalue weighted by Gasteiger charge is 2.22. The van der Waals surface area contributed by atoms with E-state index in [1.54, 1.807) is 0 Å². The minimum atomic E-state index is 0.245. The van der Waals surface area contributed by atoms with E-state index < -0.39 is 0 Å². The first-order chi connectivity index (χ1) is 12.4. The Balaban J connectivity index is 2.13. The Kier molecular flexibility index (Phi) is 7.44. The van der Waals surface area contributed by atoms with Crippen molar-refractivity contribution in [1.82, 2.24) is 4.90 Å². The summed E-state index contributed by atoms with van der Waals surface area (Å²) in [6.07, 6.45) is 2.45. The molecule has 1 unspecified atom stereocenters. The molecule has 2 rings (SSSR count). The average molecular weight is 352 g/mol. The van der Waals surface area contributed by atoms with Crippen LogP contribution in [0.1, 0.15) is 63.1 Å². The second kappa shape index (κ2) is 9.56. The van der Waals surface area contributed by atoms with Crippen LogP contribution in [0.4, 0.5) is 0 Å². The minimum Gasteiger partial charge on any atom is -0.338 e. The zero-order chi connectivity index (χ0) is 19.1. The van der Waals surface area contributed by atoms with Crippen LogP contribution in [0.25, 0.3) is 0 Å². The molecule has 2 aromatic rings. The molecule has 0 radical (unpaired) electrons. The van der Waals surface area contributed by atoms with E-state index in [9.17, 15) is 4.79 Å². The maximum absolute atomic E-state index is 12.8. The number of carbonyl (C=O) groups excluding carboxylic acids is 1. The third kappa shape index (κ3) is 5.72. The number of benzene rings is 2. The van der Waals surface area contributed by atoms with Crippen LogP contribution >= 0.6 is 0 Å². The van der Waals surface area contributed by atoms with Crippen molar-refractivity contribution in [2.24, 2.45) is 0 Å². The van der Waals surface area contributed by atoms with E-state index >= 15 is 0 Å². The quantitative estimate of drug-likeness (QED) is 0.593. The summed E-state index contributed by atoms with van der Waals surface area (Å²) < 4.78 is 0. The maximum Gasteiger partial charge on any atom is 0.223 e. The van der Waals surface area contributed by atoms with Gasteiger partial charge in [-0.05, 0) is 64.5 Å². The van der Waals surface area contributed by atoms with Crippen LogP contribution in [0.2, 0.25) is 0 Å². The lowest BCUT2D eigenvalue weighted by molar-refractivity contribution is -0.134. The van der Waals surface area contributed by atoms with Gasteiger partial charge in [0.05, 0.1) is 0 Å². The van der Waals surface area contributed by atoms with Crippen molar-refractivity contribution >= 4 is 5.91 Å². The summed E-state index contributed by atoms with van der Waals surface area (Å²) in [5.41, 5.74) is 3.93. The van der Waals surface area contributed by atoms with E-state index in [1.165, 1.54) is 16.7 Å². The van der Waals surface area contributed by atoms with E-state index in [2.05, 4.69) is 89.2 Å². The lowest BCUT2D eigenvalue weighted by Gasteiger charge is -2.31. The van der Waals surface area contributed by atoms with Crippen molar-refractivity contribution in [3.8, 4) is 0 Å². The van der Waals surface area contributed by atoms with Crippen LogP contribution in [0.5, 0.6) is 0 Å². The Morgan fingerprint density at radius 2 is 1.46 bits per heavy atom. The van der Waals surface area contributed by atoms with Crippen LogP contribution in [-0.2, 0) is 11.2 Å². The second-order valence-corrected chi connectivity index (χ2v) is 7.82. The fourth-order valence-electron chi connectivity index (χ4n) is 3.72. The highest BCUT2D eigenvalue weighted by atomic mass is 16.2. The third-order valence-corrected chi connectivity index (χ3v) is 4.98. The van der Waals surface area contributed by atoms with Crippen molar-refractivity contribution in [1.29, 1.82) is 0 Å². The maximum atomic E-state index is 12.8. The SMILES string of the molecule is Cc1ccc(C(CCC(=O)N(C(C)C)C(C)C)Cc2ccccc2)cc1. The molecule has 0 aliphatic carbocycles. The van der Waals surface area contributed by atoms with Gasteiger partial charge in [-0.15, -0.1) is 0 Å². The van der Waals surface area contributed by atoms with Gasteiger partial charge in [0.25, 0.3) is 0 Å². The van der Waals surface area contributed by atoms with Gasteiger partial charge >= 0.3 is 0 Å². The molecule has 2 aromatic carbocycles. The zero-order valence-corrected chi connectivity index (χ0v) is 16.9. The van der Waals surface area contributed by atoms with Gasteiger partial charge in [-0.3, -0.25) is 4.79 Å². The van der Waals surface area contributed by atoms with Crippen LogP contribution in [-0.4, -0.2) is 22.9 Å². The lowest BCUT2D eigenvalue weighted by atomic mass is 9.87. The molecule has 140 valence electrons. The van der Waals surface area contributed by atoms with Gasteiger partial charge in [0.2, 0.25) is 5.91 Å². The van der Waals surface area contributed by atoms with Crippen molar-refractivity contribution < 1.29 is 4.79 Å². The summed E-state index contributed by atoms with van der Waals surface area (Å²) in [5.74, 6) is 0.628. The lowest BCUT2D eigenvalue weighted by Crippen LogP contribution is -2.42. The number of aryl methyl sites for hydroxylation is 1. The summed E-state index contributed by atoms with van der Waals surface area (Å²) in [6, 6.07) is 19.9. The van der Waals surface area contributed by atoms with Crippen molar-refractivity contribution in [2.75, 3.05) is 0 Å². The summed E-state index contributed by atoms with van der Waals surface area (Å²) in [7, 11) is 0. The molecule has 2 heteroatoms. The van der Waals surface area contributed by atoms with Crippen molar-refractivity contribution in [2.45, 2.75) is 71.9 Å². The standard InChI is InChI=1S/C24H33NO/c1-18(2)25(19(3)4)24(26)16-15-23(17-21-9-7-6-8-10-21)22-13-11-20(5)12-14-22/h6-14,18-19,23H,15-17H2,1-5H3. The van der Waals surface area contributed by atoms with E-state index in [4.69, 9.17) is 0 Å². The third-order valence-electron chi connectivity index (χ3n) is 4.98. The summed E-state index contributed by atoms with van der Waals surface area (Å²) in [4.78, 5) is 14.8. The monoisotopic (exact) mass is 351 g/mol. The average Bonchev–Trinajstić information content (AvgIpc) is 2.59. The normalized spacial score (nSPS) is 12.4. The number of nitrogens with zero attached hydrogens (tertiary/aromatic N) is 1. The largest absolute Gasteiger partial charge is 0.338 e. The van der Waals surface area contributed by atoms with E-state index in [0.717, 1.165) is 12.8 Å². The van der Waals surface area contributed by atoms with Gasteiger partial charge in [0, 0.05) is 18.5 Å². The molecule has 0 fully saturated rings. The fraction of sp³-hybridized carbons (Fsp3) is 0.458. The Hall–Kier alpha value is -2.09. The van der Waals surface area contributed by atoms with Gasteiger partial charge in [-0.1, -0.05) is 60.2 Å². The molecule has 0 saturated carbocycles. The predicted molar refractivity (Wildman–Crippen MR) is 110 cm³/mol. The Bertz CT molecular complexity index is 665. The molecule has 0 aromatic heterocycles. The van der Waals surface area contributed by atoms with Crippen LogP contribution in [0.15, 0.2) is 54.6 Å². The van der Waals surface area contributed by atoms with Crippen molar-refractivity contribution in [3.05, 3.63) is 71.3 Å². The summed E-state index contributed by atoms with van der Waals surface area (Å²) >= 11 is 0. The molecule has 1 atom stereocenters. The van der Waals surface area contributed by atoms with Gasteiger partial charge < -0.3 is 4.90 Å². The summed E-state index contributed by atoms with van der Waals surface area (Å²) in [6.45, 7) is 10.5. The van der Waals surface area contributed by atoms with E-state index in [0.29, 0.717) is 12.3 Å². The molecule has 1 amide bonds. The topological polar surface area (TPSA) is 20.3 Å². The van der Waals surface area contributed by atoms with E-state index in [1.807, 2.05) is 4.90 Å². The zero-order valence-electron chi connectivity index (χ0n) is 16.9. The predicted octanol–water partition coefficient (Wildman–Crippen LogP) is 5.75. The van der Waals surface area contributed by atoms with Crippen LogP contribution in [0.3, 0.4) is 0 Å². The fourth-order valence-corrected chi connectivity index (χ4v) is 3.72. The molecule has 0 aliphatic rings. The molecule has 0 spiro atoms. The van der Waals surface area contributed by atoms with Crippen LogP contribution < -0.4 is 0 Å². The number of hydrogen-bond donors (Lipinski definition) is 0. The Morgan fingerprint density at radius 1 is 0.885 bits per heavy atom. The van der Waals surface area contributed by atoms with Gasteiger partial charge in [-0.25, -0.2) is 0 Å². The first-order valence-corrected chi connectivity index (χ1v) is 9.80. The highest BCUT2D eigenvalue weighted by molar-refractivity contribution is 5.76. The number of amides is 1. The number of rotatable bonds is 8. The molecule has 0 N–H and O–H groups in total. The number of hydrogen-bond acceptors (Lipinski definition) is 1. The molecule has 26 heavy (non-hydrogen) atoms. The molecular formula is C24H33NO. The van der Waals surface area contributed by atoms with Gasteiger partial charge in [0.1, 0.15) is 0 Å². The summed E-state index contributed by atoms with van der Waals surface area (Å²) in [5, 5.41) is 0. The first-order valence-electron chi connectivity index (χ1n) is 9.80. The molecule has 0 aliphatic heterocycles. The van der Waals surface area contributed by atoms with Crippen molar-refractivity contribution in [3.63, 3.8) is 0 Å². The number of carbonyl (C=O) groups is 1. The molecule has 2 nitrogen and oxygen atoms in total. The molecular weight excluding hydrogens is 318 g/mol. The smallest absolute Gasteiger partial charge is 0.223 e. The van der Waals surface area contributed by atoms with E-state index in [-0.39, 0.29) is 18.0 Å². The molecule has 0 bridgehead atoms. The van der Waals surface area contributed by atoms with Gasteiger partial charge in [0.15, 0.2) is 0 Å². The molecule has 0 heterocycles.